The number of amides is 1. The molecule has 1 atom stereocenters. The molecule has 0 spiro atoms. The van der Waals surface area contributed by atoms with Crippen LogP contribution in [0, 0.1) is 0 Å². The zero-order chi connectivity index (χ0) is 11.4. The number of carbonyl (C=O) groups excluding carboxylic acids is 1. The standard InChI is InChI=1S/C10H18N4O/c1-7-6-8-9(15)12(4)13(5)10(2,3)14(8)11-7/h8H,6H2,1-5H3. The molecule has 0 aromatic heterocycles. The SMILES string of the molecule is CC1=NN2C(C1)C(=O)N(C)N(C)C2(C)C. The Labute approximate surface area is 90.3 Å². The number of hydrazine groups is 1. The molecule has 1 saturated heterocycles. The fourth-order valence-corrected chi connectivity index (χ4v) is 2.24. The van der Waals surface area contributed by atoms with Crippen molar-refractivity contribution >= 4 is 11.6 Å². The fourth-order valence-electron chi connectivity index (χ4n) is 2.24. The second kappa shape index (κ2) is 2.95. The van der Waals surface area contributed by atoms with Gasteiger partial charge in [0.15, 0.2) is 0 Å². The van der Waals surface area contributed by atoms with Gasteiger partial charge in [0.2, 0.25) is 0 Å². The highest BCUT2D eigenvalue weighted by molar-refractivity contribution is 5.93. The van der Waals surface area contributed by atoms with Crippen LogP contribution < -0.4 is 0 Å². The van der Waals surface area contributed by atoms with Crippen molar-refractivity contribution < 1.29 is 4.79 Å². The molecule has 15 heavy (non-hydrogen) atoms. The topological polar surface area (TPSA) is 39.2 Å². The number of likely N-dealkylation sites (N-methyl/N-ethyl adjacent to an activating group) is 1. The predicted octanol–water partition coefficient (Wildman–Crippen LogP) is 0.491. The Hall–Kier alpha value is -1.10. The van der Waals surface area contributed by atoms with Crippen LogP contribution in [0.3, 0.4) is 0 Å². The molecule has 2 rings (SSSR count). The van der Waals surface area contributed by atoms with Gasteiger partial charge in [0.25, 0.3) is 5.91 Å². The average molecular weight is 210 g/mol. The van der Waals surface area contributed by atoms with Crippen LogP contribution in [0.5, 0.6) is 0 Å². The maximum Gasteiger partial charge on any atom is 0.261 e. The number of hydrogen-bond acceptors (Lipinski definition) is 4. The molecule has 84 valence electrons. The van der Waals surface area contributed by atoms with E-state index in [1.54, 1.807) is 5.01 Å². The van der Waals surface area contributed by atoms with Crippen molar-refractivity contribution in [3.05, 3.63) is 0 Å². The summed E-state index contributed by atoms with van der Waals surface area (Å²) in [6, 6.07) is -0.110. The Morgan fingerprint density at radius 2 is 2.00 bits per heavy atom. The van der Waals surface area contributed by atoms with Gasteiger partial charge < -0.3 is 0 Å². The van der Waals surface area contributed by atoms with E-state index in [2.05, 4.69) is 18.9 Å². The van der Waals surface area contributed by atoms with Gasteiger partial charge in [0.1, 0.15) is 11.7 Å². The van der Waals surface area contributed by atoms with E-state index in [4.69, 9.17) is 0 Å². The highest BCUT2D eigenvalue weighted by Crippen LogP contribution is 2.33. The third-order valence-corrected chi connectivity index (χ3v) is 3.47. The molecule has 1 amide bonds. The highest BCUT2D eigenvalue weighted by Gasteiger charge is 2.49. The normalized spacial score (nSPS) is 30.6. The lowest BCUT2D eigenvalue weighted by atomic mass is 10.1. The molecule has 2 heterocycles. The van der Waals surface area contributed by atoms with Crippen LogP contribution in [0.2, 0.25) is 0 Å². The quantitative estimate of drug-likeness (QED) is 0.584. The molecule has 0 radical (unpaired) electrons. The molecule has 0 saturated carbocycles. The van der Waals surface area contributed by atoms with Crippen molar-refractivity contribution in [3.63, 3.8) is 0 Å². The number of nitrogens with zero attached hydrogens (tertiary/aromatic N) is 4. The van der Waals surface area contributed by atoms with Gasteiger partial charge >= 0.3 is 0 Å². The predicted molar refractivity (Wildman–Crippen MR) is 58.0 cm³/mol. The molecule has 2 aliphatic rings. The van der Waals surface area contributed by atoms with Crippen molar-refractivity contribution in [3.8, 4) is 0 Å². The maximum atomic E-state index is 12.0. The van der Waals surface area contributed by atoms with E-state index in [1.807, 2.05) is 31.0 Å². The third kappa shape index (κ3) is 1.26. The Morgan fingerprint density at radius 3 is 2.60 bits per heavy atom. The van der Waals surface area contributed by atoms with E-state index in [9.17, 15) is 4.79 Å². The molecular formula is C10H18N4O. The van der Waals surface area contributed by atoms with Gasteiger partial charge in [-0.3, -0.25) is 14.8 Å². The minimum Gasteiger partial charge on any atom is -0.275 e. The van der Waals surface area contributed by atoms with Crippen LogP contribution in [-0.2, 0) is 4.79 Å². The third-order valence-electron chi connectivity index (χ3n) is 3.47. The number of hydrazone groups is 1. The van der Waals surface area contributed by atoms with E-state index >= 15 is 0 Å². The summed E-state index contributed by atoms with van der Waals surface area (Å²) in [7, 11) is 3.73. The molecule has 0 bridgehead atoms. The monoisotopic (exact) mass is 210 g/mol. The number of hydrogen-bond donors (Lipinski definition) is 0. The van der Waals surface area contributed by atoms with Crippen molar-refractivity contribution in [2.45, 2.75) is 38.9 Å². The molecule has 0 aromatic rings. The molecule has 0 aromatic carbocycles. The summed E-state index contributed by atoms with van der Waals surface area (Å²) >= 11 is 0. The van der Waals surface area contributed by atoms with Gasteiger partial charge in [-0.05, 0) is 20.8 Å². The Morgan fingerprint density at radius 1 is 1.40 bits per heavy atom. The van der Waals surface area contributed by atoms with E-state index in [1.165, 1.54) is 0 Å². The Kier molecular flexibility index (Phi) is 2.05. The molecule has 5 heteroatoms. The van der Waals surface area contributed by atoms with Crippen LogP contribution in [0.25, 0.3) is 0 Å². The van der Waals surface area contributed by atoms with Crippen molar-refractivity contribution in [1.82, 2.24) is 15.0 Å². The van der Waals surface area contributed by atoms with Crippen LogP contribution in [0.1, 0.15) is 27.2 Å². The zero-order valence-corrected chi connectivity index (χ0v) is 9.98. The molecule has 5 nitrogen and oxygen atoms in total. The first-order valence-corrected chi connectivity index (χ1v) is 5.20. The van der Waals surface area contributed by atoms with Crippen LogP contribution in [0.4, 0.5) is 0 Å². The van der Waals surface area contributed by atoms with Gasteiger partial charge in [-0.1, -0.05) is 0 Å². The minimum atomic E-state index is -0.245. The fraction of sp³-hybridized carbons (Fsp3) is 0.800. The Bertz CT molecular complexity index is 336. The van der Waals surface area contributed by atoms with Gasteiger partial charge in [-0.2, -0.15) is 10.1 Å². The molecule has 2 aliphatic heterocycles. The van der Waals surface area contributed by atoms with Crippen LogP contribution in [-0.4, -0.2) is 52.4 Å². The van der Waals surface area contributed by atoms with Crippen molar-refractivity contribution in [1.29, 1.82) is 0 Å². The zero-order valence-electron chi connectivity index (χ0n) is 9.98. The van der Waals surface area contributed by atoms with Crippen LogP contribution in [0.15, 0.2) is 5.10 Å². The van der Waals surface area contributed by atoms with Gasteiger partial charge in [0, 0.05) is 26.2 Å². The minimum absolute atomic E-state index is 0.110. The smallest absolute Gasteiger partial charge is 0.261 e. The summed E-state index contributed by atoms with van der Waals surface area (Å²) < 4.78 is 0. The summed E-state index contributed by atoms with van der Waals surface area (Å²) in [5.41, 5.74) is 0.788. The molecule has 0 N–H and O–H groups in total. The second-order valence-corrected chi connectivity index (χ2v) is 4.78. The van der Waals surface area contributed by atoms with Crippen molar-refractivity contribution in [2.24, 2.45) is 5.10 Å². The molecular weight excluding hydrogens is 192 g/mol. The molecule has 0 aliphatic carbocycles. The van der Waals surface area contributed by atoms with Gasteiger partial charge in [-0.25, -0.2) is 0 Å². The number of carbonyl (C=O) groups is 1. The Balaban J connectivity index is 2.40. The van der Waals surface area contributed by atoms with Crippen molar-refractivity contribution in [2.75, 3.05) is 14.1 Å². The van der Waals surface area contributed by atoms with E-state index in [0.717, 1.165) is 12.1 Å². The lowest BCUT2D eigenvalue weighted by Gasteiger charge is -2.52. The second-order valence-electron chi connectivity index (χ2n) is 4.78. The lowest BCUT2D eigenvalue weighted by Crippen LogP contribution is -2.69. The van der Waals surface area contributed by atoms with Gasteiger partial charge in [-0.15, -0.1) is 0 Å². The maximum absolute atomic E-state index is 12.0. The van der Waals surface area contributed by atoms with E-state index in [-0.39, 0.29) is 17.6 Å². The summed E-state index contributed by atoms with van der Waals surface area (Å²) in [5, 5.41) is 9.99. The first-order chi connectivity index (χ1) is 6.85. The first kappa shape index (κ1) is 10.4. The lowest BCUT2D eigenvalue weighted by molar-refractivity contribution is -0.202. The largest absolute Gasteiger partial charge is 0.275 e. The summed E-state index contributed by atoms with van der Waals surface area (Å²) in [6.45, 7) is 6.12. The number of fused-ring (bicyclic) bond motifs is 1. The van der Waals surface area contributed by atoms with E-state index in [0.29, 0.717) is 0 Å². The summed E-state index contributed by atoms with van der Waals surface area (Å²) in [5.74, 6) is 0.123. The molecule has 1 fully saturated rings. The van der Waals surface area contributed by atoms with E-state index < -0.39 is 0 Å². The van der Waals surface area contributed by atoms with Crippen LogP contribution >= 0.6 is 0 Å². The number of rotatable bonds is 0. The summed E-state index contributed by atoms with van der Waals surface area (Å²) in [6.07, 6.45) is 0.750. The summed E-state index contributed by atoms with van der Waals surface area (Å²) in [4.78, 5) is 12.0. The van der Waals surface area contributed by atoms with Gasteiger partial charge in [0.05, 0.1) is 0 Å². The first-order valence-electron chi connectivity index (χ1n) is 5.20. The highest BCUT2D eigenvalue weighted by atomic mass is 16.2. The average Bonchev–Trinajstić information content (AvgIpc) is 2.56. The molecule has 1 unspecified atom stereocenters.